The highest BCUT2D eigenvalue weighted by atomic mass is 79.9. The number of para-hydroxylation sites is 1. The Bertz CT molecular complexity index is 882. The van der Waals surface area contributed by atoms with Gasteiger partial charge in [-0.05, 0) is 39.8 Å². The fourth-order valence-corrected chi connectivity index (χ4v) is 4.51. The summed E-state index contributed by atoms with van der Waals surface area (Å²) >= 11 is 6.64. The molecule has 7 heteroatoms. The average Bonchev–Trinajstić information content (AvgIpc) is 3.03. The molecule has 98 valence electrons. The van der Waals surface area contributed by atoms with Crippen molar-refractivity contribution in [2.24, 2.45) is 0 Å². The third-order valence-electron chi connectivity index (χ3n) is 2.77. The fraction of sp³-hybridized carbons (Fsp3) is 0. The molecule has 4 aromatic rings. The van der Waals surface area contributed by atoms with Gasteiger partial charge in [-0.25, -0.2) is 15.0 Å². The van der Waals surface area contributed by atoms with Gasteiger partial charge in [-0.15, -0.1) is 11.3 Å². The van der Waals surface area contributed by atoms with Crippen molar-refractivity contribution in [2.75, 3.05) is 0 Å². The van der Waals surface area contributed by atoms with Gasteiger partial charge in [0, 0.05) is 18.6 Å². The Hall–Kier alpha value is -1.44. The first kappa shape index (κ1) is 12.3. The van der Waals surface area contributed by atoms with Crippen LogP contribution in [0.1, 0.15) is 0 Å². The maximum Gasteiger partial charge on any atom is 0.170 e. The second-order valence-corrected chi connectivity index (χ2v) is 7.16. The third kappa shape index (κ3) is 2.11. The number of halogens is 1. The summed E-state index contributed by atoms with van der Waals surface area (Å²) in [4.78, 5) is 13.5. The minimum absolute atomic E-state index is 0.784. The maximum absolute atomic E-state index is 4.62. The molecule has 0 bridgehead atoms. The lowest BCUT2D eigenvalue weighted by Gasteiger charge is -2.01. The Morgan fingerprint density at radius 1 is 1.20 bits per heavy atom. The molecule has 0 saturated carbocycles. The number of fused-ring (bicyclic) bond motifs is 2. The quantitative estimate of drug-likeness (QED) is 0.534. The highest BCUT2D eigenvalue weighted by molar-refractivity contribution is 9.10. The molecule has 0 amide bonds. The van der Waals surface area contributed by atoms with E-state index in [9.17, 15) is 0 Å². The number of imidazole rings is 1. The van der Waals surface area contributed by atoms with E-state index in [2.05, 4.69) is 36.9 Å². The Labute approximate surface area is 131 Å². The van der Waals surface area contributed by atoms with Gasteiger partial charge in [-0.1, -0.05) is 12.1 Å². The van der Waals surface area contributed by atoms with Gasteiger partial charge in [0.05, 0.1) is 10.2 Å². The largest absolute Gasteiger partial charge is 0.302 e. The van der Waals surface area contributed by atoms with Gasteiger partial charge in [0.25, 0.3) is 0 Å². The molecule has 0 fully saturated rings. The van der Waals surface area contributed by atoms with E-state index >= 15 is 0 Å². The van der Waals surface area contributed by atoms with Crippen LogP contribution in [0.4, 0.5) is 0 Å². The molecule has 20 heavy (non-hydrogen) atoms. The molecule has 0 saturated heterocycles. The standard InChI is InChI=1S/C13H7BrN4S2/c14-10-7-18-6-5-15-11(18)12(17-10)20-13-16-8-3-1-2-4-9(8)19-13/h1-7H. The zero-order valence-electron chi connectivity index (χ0n) is 10.0. The third-order valence-corrected chi connectivity index (χ3v) is 5.22. The lowest BCUT2D eigenvalue weighted by Crippen LogP contribution is -1.91. The molecule has 0 unspecified atom stereocenters. The lowest BCUT2D eigenvalue weighted by molar-refractivity contribution is 1.01. The molecule has 0 aliphatic carbocycles. The highest BCUT2D eigenvalue weighted by Crippen LogP contribution is 2.35. The molecular formula is C13H7BrN4S2. The van der Waals surface area contributed by atoms with Crippen molar-refractivity contribution in [3.8, 4) is 0 Å². The van der Waals surface area contributed by atoms with Crippen molar-refractivity contribution in [1.29, 1.82) is 0 Å². The Morgan fingerprint density at radius 3 is 3.00 bits per heavy atom. The van der Waals surface area contributed by atoms with Crippen LogP contribution in [0.5, 0.6) is 0 Å². The Kier molecular flexibility index (Phi) is 2.98. The molecule has 3 aromatic heterocycles. The van der Waals surface area contributed by atoms with Gasteiger partial charge in [-0.3, -0.25) is 0 Å². The molecular weight excluding hydrogens is 356 g/mol. The van der Waals surface area contributed by atoms with Gasteiger partial charge in [0.2, 0.25) is 0 Å². The van der Waals surface area contributed by atoms with E-state index in [-0.39, 0.29) is 0 Å². The van der Waals surface area contributed by atoms with E-state index in [1.165, 1.54) is 4.70 Å². The van der Waals surface area contributed by atoms with Gasteiger partial charge in [0.1, 0.15) is 9.63 Å². The van der Waals surface area contributed by atoms with Crippen molar-refractivity contribution in [1.82, 2.24) is 19.4 Å². The number of nitrogens with zero attached hydrogens (tertiary/aromatic N) is 4. The second kappa shape index (κ2) is 4.83. The van der Waals surface area contributed by atoms with Crippen LogP contribution in [-0.2, 0) is 0 Å². The first-order chi connectivity index (χ1) is 9.79. The number of aromatic nitrogens is 4. The summed E-state index contributed by atoms with van der Waals surface area (Å²) in [6.07, 6.45) is 5.57. The van der Waals surface area contributed by atoms with Crippen molar-refractivity contribution in [2.45, 2.75) is 9.37 Å². The monoisotopic (exact) mass is 362 g/mol. The lowest BCUT2D eigenvalue weighted by atomic mass is 10.3. The summed E-state index contributed by atoms with van der Waals surface area (Å²) in [5.41, 5.74) is 1.87. The molecule has 0 aliphatic heterocycles. The minimum Gasteiger partial charge on any atom is -0.302 e. The van der Waals surface area contributed by atoms with Crippen LogP contribution in [0.2, 0.25) is 0 Å². The second-order valence-electron chi connectivity index (χ2n) is 4.08. The van der Waals surface area contributed by atoms with Crippen LogP contribution in [0.25, 0.3) is 15.9 Å². The molecule has 3 heterocycles. The fourth-order valence-electron chi connectivity index (χ4n) is 1.92. The van der Waals surface area contributed by atoms with Crippen LogP contribution >= 0.6 is 39.0 Å². The molecule has 0 radical (unpaired) electrons. The van der Waals surface area contributed by atoms with E-state index in [1.54, 1.807) is 29.3 Å². The van der Waals surface area contributed by atoms with Gasteiger partial charge < -0.3 is 4.40 Å². The molecule has 4 nitrogen and oxygen atoms in total. The van der Waals surface area contributed by atoms with Gasteiger partial charge >= 0.3 is 0 Å². The van der Waals surface area contributed by atoms with Crippen LogP contribution in [-0.4, -0.2) is 19.4 Å². The van der Waals surface area contributed by atoms with Crippen molar-refractivity contribution in [3.05, 3.63) is 47.5 Å². The number of rotatable bonds is 2. The summed E-state index contributed by atoms with van der Waals surface area (Å²) in [6.45, 7) is 0. The first-order valence-corrected chi connectivity index (χ1v) is 8.25. The van der Waals surface area contributed by atoms with E-state index in [1.807, 2.05) is 35.0 Å². The summed E-state index contributed by atoms with van der Waals surface area (Å²) in [5, 5.41) is 0.850. The average molecular weight is 363 g/mol. The SMILES string of the molecule is Brc1cn2ccnc2c(Sc2nc3ccccc3s2)n1. The molecule has 4 rings (SSSR count). The van der Waals surface area contributed by atoms with Crippen LogP contribution in [0, 0.1) is 0 Å². The topological polar surface area (TPSA) is 43.1 Å². The predicted molar refractivity (Wildman–Crippen MR) is 84.4 cm³/mol. The maximum atomic E-state index is 4.62. The smallest absolute Gasteiger partial charge is 0.170 e. The number of hydrogen-bond donors (Lipinski definition) is 0. The van der Waals surface area contributed by atoms with Crippen molar-refractivity contribution < 1.29 is 0 Å². The number of hydrogen-bond acceptors (Lipinski definition) is 5. The Morgan fingerprint density at radius 2 is 2.10 bits per heavy atom. The Balaban J connectivity index is 1.81. The molecule has 0 aliphatic rings. The summed E-state index contributed by atoms with van der Waals surface area (Å²) in [5.74, 6) is 0. The highest BCUT2D eigenvalue weighted by Gasteiger charge is 2.11. The van der Waals surface area contributed by atoms with Crippen molar-refractivity contribution in [3.63, 3.8) is 0 Å². The van der Waals surface area contributed by atoms with Crippen molar-refractivity contribution >= 4 is 54.9 Å². The molecule has 0 N–H and O–H groups in total. The predicted octanol–water partition coefficient (Wildman–Crippen LogP) is 4.25. The summed E-state index contributed by atoms with van der Waals surface area (Å²) in [7, 11) is 0. The van der Waals surface area contributed by atoms with E-state index in [0.717, 1.165) is 25.1 Å². The van der Waals surface area contributed by atoms with Gasteiger partial charge in [0.15, 0.2) is 9.99 Å². The number of benzene rings is 1. The van der Waals surface area contributed by atoms with E-state index < -0.39 is 0 Å². The molecule has 1 aromatic carbocycles. The summed E-state index contributed by atoms with van der Waals surface area (Å²) in [6, 6.07) is 8.13. The minimum atomic E-state index is 0.784. The zero-order valence-corrected chi connectivity index (χ0v) is 13.2. The first-order valence-electron chi connectivity index (χ1n) is 5.82. The molecule has 0 spiro atoms. The van der Waals surface area contributed by atoms with Crippen LogP contribution in [0.3, 0.4) is 0 Å². The normalized spacial score (nSPS) is 11.4. The summed E-state index contributed by atoms with van der Waals surface area (Å²) < 4.78 is 4.89. The van der Waals surface area contributed by atoms with E-state index in [4.69, 9.17) is 0 Å². The van der Waals surface area contributed by atoms with Crippen LogP contribution in [0.15, 0.2) is 56.8 Å². The van der Waals surface area contributed by atoms with E-state index in [0.29, 0.717) is 0 Å². The number of thiazole rings is 1. The molecule has 0 atom stereocenters. The van der Waals surface area contributed by atoms with Crippen LogP contribution < -0.4 is 0 Å². The van der Waals surface area contributed by atoms with Gasteiger partial charge in [-0.2, -0.15) is 0 Å². The zero-order chi connectivity index (χ0) is 13.5.